The summed E-state index contributed by atoms with van der Waals surface area (Å²) in [6.45, 7) is 1.32. The number of carbonyl (C=O) groups is 2. The molecule has 2 rings (SSSR count). The van der Waals surface area contributed by atoms with Crippen molar-refractivity contribution in [3.8, 4) is 0 Å². The van der Waals surface area contributed by atoms with Crippen LogP contribution in [0, 0.1) is 0 Å². The third-order valence-electron chi connectivity index (χ3n) is 1.82. The van der Waals surface area contributed by atoms with E-state index in [4.69, 9.17) is 14.2 Å². The first-order valence-corrected chi connectivity index (χ1v) is 4.88. The molecule has 0 aromatic rings. The van der Waals surface area contributed by atoms with Gasteiger partial charge in [0.2, 0.25) is 0 Å². The summed E-state index contributed by atoms with van der Waals surface area (Å²) in [7, 11) is 0. The molecule has 0 aromatic carbocycles. The van der Waals surface area contributed by atoms with Gasteiger partial charge in [-0.1, -0.05) is 0 Å². The van der Waals surface area contributed by atoms with Gasteiger partial charge in [0.15, 0.2) is 17.6 Å². The van der Waals surface area contributed by atoms with Crippen LogP contribution in [0.25, 0.3) is 0 Å². The van der Waals surface area contributed by atoms with E-state index in [1.165, 1.54) is 18.7 Å². The predicted molar refractivity (Wildman–Crippen MR) is 43.2 cm³/mol. The Morgan fingerprint density at radius 3 is 3.08 bits per heavy atom. The summed E-state index contributed by atoms with van der Waals surface area (Å²) in [6, 6.07) is 0. The molecule has 6 heteroatoms. The van der Waals surface area contributed by atoms with Crippen LogP contribution in [0.4, 0.5) is 4.79 Å². The normalized spacial score (nSPS) is 36.4. The molecular formula is C7H8O5S. The fourth-order valence-corrected chi connectivity index (χ4v) is 2.58. The second-order valence-corrected chi connectivity index (χ2v) is 3.93. The number of hydrogen-bond donors (Lipinski definition) is 0. The molecular weight excluding hydrogens is 196 g/mol. The van der Waals surface area contributed by atoms with E-state index >= 15 is 0 Å². The summed E-state index contributed by atoms with van der Waals surface area (Å²) in [5, 5.41) is 0. The van der Waals surface area contributed by atoms with Crippen LogP contribution in [0.15, 0.2) is 0 Å². The number of thioether (sulfide) groups is 1. The zero-order valence-electron chi connectivity index (χ0n) is 6.89. The Hall–Kier alpha value is -0.910. The molecule has 0 N–H and O–H groups in total. The topological polar surface area (TPSA) is 61.8 Å². The smallest absolute Gasteiger partial charge is 0.447 e. The predicted octanol–water partition coefficient (Wildman–Crippen LogP) is 0.526. The van der Waals surface area contributed by atoms with E-state index < -0.39 is 17.7 Å². The number of rotatable bonds is 1. The quantitative estimate of drug-likeness (QED) is 0.580. The van der Waals surface area contributed by atoms with Gasteiger partial charge in [-0.05, 0) is 0 Å². The van der Waals surface area contributed by atoms with Crippen LogP contribution in [-0.4, -0.2) is 35.5 Å². The molecule has 5 nitrogen and oxygen atoms in total. The molecule has 0 spiro atoms. The molecule has 0 amide bonds. The minimum atomic E-state index is -0.674. The van der Waals surface area contributed by atoms with Crippen molar-refractivity contribution in [3.63, 3.8) is 0 Å². The third-order valence-corrected chi connectivity index (χ3v) is 3.04. The van der Waals surface area contributed by atoms with Crippen molar-refractivity contribution in [2.45, 2.75) is 24.6 Å². The van der Waals surface area contributed by atoms with Crippen molar-refractivity contribution in [2.75, 3.05) is 5.75 Å². The van der Waals surface area contributed by atoms with Crippen LogP contribution >= 0.6 is 11.8 Å². The van der Waals surface area contributed by atoms with E-state index in [2.05, 4.69) is 0 Å². The maximum Gasteiger partial charge on any atom is 0.509 e. The summed E-state index contributed by atoms with van der Waals surface area (Å²) in [5.41, 5.74) is -0.408. The first-order valence-electron chi connectivity index (χ1n) is 3.83. The Morgan fingerprint density at radius 1 is 1.62 bits per heavy atom. The zero-order chi connectivity index (χ0) is 9.42. The van der Waals surface area contributed by atoms with E-state index in [0.29, 0.717) is 5.75 Å². The van der Waals surface area contributed by atoms with Gasteiger partial charge in [0.05, 0.1) is 0 Å². The number of carbonyl (C=O) groups excluding carboxylic acids is 2. The lowest BCUT2D eigenvalue weighted by atomic mass is 10.2. The van der Waals surface area contributed by atoms with Gasteiger partial charge in [-0.15, -0.1) is 11.8 Å². The molecule has 2 aliphatic rings. The fraction of sp³-hybridized carbons (Fsp3) is 0.714. The number of ether oxygens (including phenoxy) is 3. The first kappa shape index (κ1) is 8.68. The summed E-state index contributed by atoms with van der Waals surface area (Å²) < 4.78 is 14.6. The lowest BCUT2D eigenvalue weighted by Crippen LogP contribution is -2.29. The second kappa shape index (κ2) is 3.10. The van der Waals surface area contributed by atoms with Crippen LogP contribution in [0.5, 0.6) is 0 Å². The van der Waals surface area contributed by atoms with E-state index in [0.717, 1.165) is 0 Å². The monoisotopic (exact) mass is 204 g/mol. The van der Waals surface area contributed by atoms with Crippen molar-refractivity contribution < 1.29 is 23.8 Å². The van der Waals surface area contributed by atoms with E-state index in [9.17, 15) is 9.59 Å². The minimum absolute atomic E-state index is 0.262. The maximum absolute atomic E-state index is 10.7. The molecule has 0 bridgehead atoms. The molecule has 0 aliphatic carbocycles. The van der Waals surface area contributed by atoms with Gasteiger partial charge in [-0.2, -0.15) is 0 Å². The summed E-state index contributed by atoms with van der Waals surface area (Å²) in [6.07, 6.45) is -1.37. The van der Waals surface area contributed by atoms with Crippen molar-refractivity contribution >= 4 is 23.9 Å². The average Bonchev–Trinajstić information content (AvgIpc) is 2.51. The number of hydrogen-bond acceptors (Lipinski definition) is 6. The van der Waals surface area contributed by atoms with Crippen molar-refractivity contribution in [1.29, 1.82) is 0 Å². The first-order chi connectivity index (χ1) is 6.16. The zero-order valence-corrected chi connectivity index (χ0v) is 7.71. The minimum Gasteiger partial charge on any atom is -0.447 e. The van der Waals surface area contributed by atoms with Crippen LogP contribution < -0.4 is 0 Å². The van der Waals surface area contributed by atoms with E-state index in [1.54, 1.807) is 0 Å². The van der Waals surface area contributed by atoms with Gasteiger partial charge in [-0.3, -0.25) is 4.79 Å². The standard InChI is InChI=1S/C7H8O5S/c1-3(8)10-6-5-4(2-13-6)11-7(9)12-5/h4-6H,2H2,1H3/t4-,5+,6-/m1/s1. The Kier molecular flexibility index (Phi) is 2.07. The van der Waals surface area contributed by atoms with Crippen molar-refractivity contribution in [3.05, 3.63) is 0 Å². The molecule has 13 heavy (non-hydrogen) atoms. The Morgan fingerprint density at radius 2 is 2.38 bits per heavy atom. The molecule has 0 aromatic heterocycles. The Balaban J connectivity index is 2.00. The Bertz CT molecular complexity index is 253. The second-order valence-electron chi connectivity index (χ2n) is 2.80. The number of fused-ring (bicyclic) bond motifs is 1. The highest BCUT2D eigenvalue weighted by atomic mass is 32.2. The molecule has 2 saturated heterocycles. The highest BCUT2D eigenvalue weighted by Crippen LogP contribution is 2.36. The van der Waals surface area contributed by atoms with Crippen LogP contribution in [0.3, 0.4) is 0 Å². The summed E-state index contributed by atoms with van der Waals surface area (Å²) in [4.78, 5) is 21.3. The average molecular weight is 204 g/mol. The van der Waals surface area contributed by atoms with Gasteiger partial charge >= 0.3 is 12.1 Å². The fourth-order valence-electron chi connectivity index (χ4n) is 1.31. The molecule has 2 aliphatic heterocycles. The lowest BCUT2D eigenvalue weighted by molar-refractivity contribution is -0.145. The largest absolute Gasteiger partial charge is 0.509 e. The van der Waals surface area contributed by atoms with Gasteiger partial charge < -0.3 is 14.2 Å². The lowest BCUT2D eigenvalue weighted by Gasteiger charge is -2.13. The molecule has 72 valence electrons. The van der Waals surface area contributed by atoms with Gasteiger partial charge in [-0.25, -0.2) is 4.79 Å². The summed E-state index contributed by atoms with van der Waals surface area (Å²) in [5.74, 6) is 0.245. The number of esters is 1. The molecule has 0 saturated carbocycles. The molecule has 2 heterocycles. The van der Waals surface area contributed by atoms with Gasteiger partial charge in [0.1, 0.15) is 0 Å². The summed E-state index contributed by atoms with van der Waals surface area (Å²) >= 11 is 1.42. The molecule has 3 atom stereocenters. The maximum atomic E-state index is 10.7. The van der Waals surface area contributed by atoms with Crippen LogP contribution in [0.2, 0.25) is 0 Å². The molecule has 0 unspecified atom stereocenters. The van der Waals surface area contributed by atoms with Crippen molar-refractivity contribution in [1.82, 2.24) is 0 Å². The van der Waals surface area contributed by atoms with Crippen LogP contribution in [0.1, 0.15) is 6.92 Å². The van der Waals surface area contributed by atoms with Crippen molar-refractivity contribution in [2.24, 2.45) is 0 Å². The highest BCUT2D eigenvalue weighted by molar-refractivity contribution is 8.00. The van der Waals surface area contributed by atoms with E-state index in [-0.39, 0.29) is 12.1 Å². The molecule has 2 fully saturated rings. The molecule has 0 radical (unpaired) electrons. The Labute approximate surface area is 78.7 Å². The van der Waals surface area contributed by atoms with Gasteiger partial charge in [0, 0.05) is 12.7 Å². The SMILES string of the molecule is CC(=O)O[C@@H]1SC[C@H]2OC(=O)O[C@H]12. The highest BCUT2D eigenvalue weighted by Gasteiger charge is 2.49. The van der Waals surface area contributed by atoms with Gasteiger partial charge in [0.25, 0.3) is 0 Å². The third kappa shape index (κ3) is 1.58. The van der Waals surface area contributed by atoms with Crippen LogP contribution in [-0.2, 0) is 19.0 Å². The van der Waals surface area contributed by atoms with E-state index in [1.807, 2.05) is 0 Å².